The molecule has 4 aliphatic rings. The molecule has 0 saturated heterocycles. The molecule has 4 heteroatoms. The van der Waals surface area contributed by atoms with Crippen molar-refractivity contribution in [1.82, 2.24) is 0 Å². The molecule has 72 heavy (non-hydrogen) atoms. The molecule has 2 aliphatic heterocycles. The summed E-state index contributed by atoms with van der Waals surface area (Å²) >= 11 is 0. The highest BCUT2D eigenvalue weighted by atomic mass is 16.3. The molecule has 0 unspecified atom stereocenters. The Bertz CT molecular complexity index is 3610. The summed E-state index contributed by atoms with van der Waals surface area (Å²) in [6.45, 7) is 20.6. The lowest BCUT2D eigenvalue weighted by Crippen LogP contribution is -2.61. The number of hydrogen-bond donors (Lipinski definition) is 0. The molecular formula is C68H65BN2O. The summed E-state index contributed by atoms with van der Waals surface area (Å²) in [4.78, 5) is 5.20. The number of anilines is 6. The van der Waals surface area contributed by atoms with Gasteiger partial charge in [-0.15, -0.1) is 0 Å². The summed E-state index contributed by atoms with van der Waals surface area (Å²) in [5.74, 6) is 0. The number of rotatable bonds is 4. The van der Waals surface area contributed by atoms with Gasteiger partial charge in [-0.3, -0.25) is 0 Å². The van der Waals surface area contributed by atoms with E-state index in [1.54, 1.807) is 0 Å². The highest BCUT2D eigenvalue weighted by molar-refractivity contribution is 7.00. The summed E-state index contributed by atoms with van der Waals surface area (Å²) in [6.07, 6.45) is 6.16. The Morgan fingerprint density at radius 2 is 1.01 bits per heavy atom. The molecule has 0 bridgehead atoms. The first kappa shape index (κ1) is 44.9. The van der Waals surface area contributed by atoms with Gasteiger partial charge >= 0.3 is 0 Å². The zero-order chi connectivity index (χ0) is 49.5. The van der Waals surface area contributed by atoms with Gasteiger partial charge in [0.25, 0.3) is 6.71 Å². The van der Waals surface area contributed by atoms with Gasteiger partial charge in [0.2, 0.25) is 0 Å². The largest absolute Gasteiger partial charge is 0.468 e. The topological polar surface area (TPSA) is 19.6 Å². The normalized spacial score (nSPS) is 15.6. The lowest BCUT2D eigenvalue weighted by atomic mass is 9.35. The van der Waals surface area contributed by atoms with Gasteiger partial charge in [0.15, 0.2) is 0 Å². The summed E-state index contributed by atoms with van der Waals surface area (Å²) < 4.78 is 7.41. The predicted octanol–water partition coefficient (Wildman–Crippen LogP) is 17.0. The second-order valence-corrected chi connectivity index (χ2v) is 24.5. The van der Waals surface area contributed by atoms with Crippen LogP contribution >= 0.6 is 0 Å². The Morgan fingerprint density at radius 1 is 0.458 bits per heavy atom. The van der Waals surface area contributed by atoms with Crippen LogP contribution in [0.5, 0.6) is 0 Å². The number of benzene rings is 8. The molecule has 356 valence electrons. The third-order valence-electron chi connectivity index (χ3n) is 16.9. The molecule has 0 radical (unpaired) electrons. The maximum absolute atomic E-state index is 7.41. The lowest BCUT2D eigenvalue weighted by Gasteiger charge is -2.43. The van der Waals surface area contributed by atoms with Crippen LogP contribution in [-0.4, -0.2) is 6.71 Å². The van der Waals surface area contributed by atoms with Crippen LogP contribution in [0.1, 0.15) is 122 Å². The number of fused-ring (bicyclic) bond motifs is 11. The van der Waals surface area contributed by atoms with E-state index in [4.69, 9.17) is 4.42 Å². The molecule has 1 saturated carbocycles. The van der Waals surface area contributed by atoms with Crippen molar-refractivity contribution in [3.05, 3.63) is 198 Å². The number of nitrogens with zero attached hydrogens (tertiary/aromatic N) is 2. The summed E-state index contributed by atoms with van der Waals surface area (Å²) in [7, 11) is 0. The molecule has 1 spiro atoms. The van der Waals surface area contributed by atoms with E-state index in [9.17, 15) is 0 Å². The van der Waals surface area contributed by atoms with Gasteiger partial charge in [0, 0.05) is 39.1 Å². The van der Waals surface area contributed by atoms with Crippen molar-refractivity contribution in [2.75, 3.05) is 9.80 Å². The van der Waals surface area contributed by atoms with Crippen molar-refractivity contribution in [3.63, 3.8) is 0 Å². The predicted molar refractivity (Wildman–Crippen MR) is 307 cm³/mol. The molecule has 0 N–H and O–H groups in total. The minimum Gasteiger partial charge on any atom is -0.468 e. The monoisotopic (exact) mass is 937 g/mol. The average molecular weight is 937 g/mol. The van der Waals surface area contributed by atoms with E-state index in [1.807, 2.05) is 0 Å². The second-order valence-electron chi connectivity index (χ2n) is 24.5. The third kappa shape index (κ3) is 6.84. The first-order valence-electron chi connectivity index (χ1n) is 26.6. The van der Waals surface area contributed by atoms with Crippen molar-refractivity contribution in [1.29, 1.82) is 0 Å². The quantitative estimate of drug-likeness (QED) is 0.164. The minimum atomic E-state index is -0.158. The number of furan rings is 1. The Hall–Kier alpha value is -7.04. The molecule has 13 rings (SSSR count). The van der Waals surface area contributed by atoms with Crippen LogP contribution in [0.2, 0.25) is 0 Å². The molecule has 3 nitrogen and oxygen atoms in total. The molecule has 3 heterocycles. The smallest absolute Gasteiger partial charge is 0.297 e. The van der Waals surface area contributed by atoms with Crippen LogP contribution in [-0.2, 0) is 21.7 Å². The summed E-state index contributed by atoms with van der Waals surface area (Å²) in [6, 6.07) is 65.4. The van der Waals surface area contributed by atoms with Crippen molar-refractivity contribution in [2.24, 2.45) is 0 Å². The minimum absolute atomic E-state index is 0.00969. The van der Waals surface area contributed by atoms with Gasteiger partial charge in [-0.05, 0) is 144 Å². The molecule has 1 aromatic heterocycles. The van der Waals surface area contributed by atoms with Crippen LogP contribution in [0.4, 0.5) is 34.1 Å². The number of hydrogen-bond acceptors (Lipinski definition) is 3. The molecule has 8 aromatic carbocycles. The lowest BCUT2D eigenvalue weighted by molar-refractivity contribution is 0.353. The van der Waals surface area contributed by atoms with Gasteiger partial charge in [-0.2, -0.15) is 0 Å². The molecular weight excluding hydrogens is 872 g/mol. The second kappa shape index (κ2) is 16.0. The maximum Gasteiger partial charge on any atom is 0.297 e. The van der Waals surface area contributed by atoms with E-state index in [0.29, 0.717) is 0 Å². The van der Waals surface area contributed by atoms with E-state index >= 15 is 0 Å². The van der Waals surface area contributed by atoms with E-state index in [0.717, 1.165) is 28.0 Å². The fourth-order valence-electron chi connectivity index (χ4n) is 13.1. The zero-order valence-electron chi connectivity index (χ0n) is 43.6. The van der Waals surface area contributed by atoms with E-state index in [1.165, 1.54) is 127 Å². The maximum atomic E-state index is 7.41. The Labute approximate surface area is 427 Å². The average Bonchev–Trinajstić information content (AvgIpc) is 3.89. The SMILES string of the molecule is CC(C)(C)c1ccc(-c2ccc(N3c4ccc(C(C)(C)C)cc4B4c5oc6ccccc6c5N(c5cccc6c5-c5ccccc5C65CCCCC5)c5cc(-c6ccc(C(C)(C)C)cc6)cc3c54)cc2)cc1. The van der Waals surface area contributed by atoms with Crippen molar-refractivity contribution >= 4 is 68.4 Å². The first-order chi connectivity index (χ1) is 34.6. The standard InChI is InChI=1S/C68H65BN2O/c1-65(2,3)47-30-24-43(25-31-47)44-28-35-50(36-29-44)70-56-37-34-49(67(7,8)9)42-55(56)69-62-58(70)40-46(45-26-32-48(33-27-45)66(4,5)6)41-59(62)71(63-52-19-12-14-23-60(52)72-64(63)69)57-22-17-21-54-61(57)51-18-11-13-20-53(51)68(54)38-15-10-16-39-68/h11-14,17-37,40-42H,10,15-16,38-39H2,1-9H3. The van der Waals surface area contributed by atoms with Crippen LogP contribution in [0.15, 0.2) is 174 Å². The van der Waals surface area contributed by atoms with E-state index < -0.39 is 0 Å². The Balaban J connectivity index is 1.11. The van der Waals surface area contributed by atoms with Gasteiger partial charge in [-0.25, -0.2) is 0 Å². The van der Waals surface area contributed by atoms with Gasteiger partial charge in [0.1, 0.15) is 5.58 Å². The Kier molecular flexibility index (Phi) is 9.96. The highest BCUT2D eigenvalue weighted by Crippen LogP contribution is 2.60. The van der Waals surface area contributed by atoms with E-state index in [2.05, 4.69) is 242 Å². The van der Waals surface area contributed by atoms with Gasteiger partial charge < -0.3 is 14.2 Å². The zero-order valence-corrected chi connectivity index (χ0v) is 43.6. The molecule has 9 aromatic rings. The van der Waals surface area contributed by atoms with Crippen LogP contribution in [0.3, 0.4) is 0 Å². The van der Waals surface area contributed by atoms with Crippen molar-refractivity contribution in [2.45, 2.75) is 116 Å². The number of para-hydroxylation sites is 1. The molecule has 1 fully saturated rings. The van der Waals surface area contributed by atoms with Crippen LogP contribution < -0.4 is 26.4 Å². The van der Waals surface area contributed by atoms with Crippen LogP contribution in [0, 0.1) is 0 Å². The van der Waals surface area contributed by atoms with E-state index in [-0.39, 0.29) is 28.4 Å². The summed E-state index contributed by atoms with van der Waals surface area (Å²) in [5.41, 5.74) is 26.1. The van der Waals surface area contributed by atoms with Crippen molar-refractivity contribution < 1.29 is 4.42 Å². The Morgan fingerprint density at radius 3 is 1.67 bits per heavy atom. The van der Waals surface area contributed by atoms with Gasteiger partial charge in [0.05, 0.1) is 17.0 Å². The van der Waals surface area contributed by atoms with Gasteiger partial charge in [-0.1, -0.05) is 203 Å². The highest BCUT2D eigenvalue weighted by Gasteiger charge is 2.50. The molecule has 0 atom stereocenters. The molecule has 2 aliphatic carbocycles. The third-order valence-corrected chi connectivity index (χ3v) is 16.9. The fraction of sp³-hybridized carbons (Fsp3) is 0.265. The summed E-state index contributed by atoms with van der Waals surface area (Å²) in [5, 5.41) is 1.14. The first-order valence-corrected chi connectivity index (χ1v) is 26.6. The molecule has 0 amide bonds. The van der Waals surface area contributed by atoms with Crippen LogP contribution in [0.25, 0.3) is 44.3 Å². The van der Waals surface area contributed by atoms with Crippen molar-refractivity contribution in [3.8, 4) is 33.4 Å². The fourth-order valence-corrected chi connectivity index (χ4v) is 13.1.